The van der Waals surface area contributed by atoms with Gasteiger partial charge in [-0.05, 0) is 18.4 Å². The van der Waals surface area contributed by atoms with Crippen LogP contribution in [0.3, 0.4) is 0 Å². The van der Waals surface area contributed by atoms with Crippen LogP contribution in [0.4, 0.5) is 5.00 Å². The van der Waals surface area contributed by atoms with Crippen molar-refractivity contribution >= 4 is 34.1 Å². The van der Waals surface area contributed by atoms with Crippen molar-refractivity contribution in [1.82, 2.24) is 9.80 Å². The highest BCUT2D eigenvalue weighted by Gasteiger charge is 2.31. The third kappa shape index (κ3) is 5.01. The van der Waals surface area contributed by atoms with E-state index in [1.807, 2.05) is 45.5 Å². The summed E-state index contributed by atoms with van der Waals surface area (Å²) in [6.07, 6.45) is 1.41. The Bertz CT molecular complexity index is 963. The molecule has 2 amide bonds. The first kappa shape index (κ1) is 22.4. The number of amides is 2. The number of rotatable bonds is 6. The van der Waals surface area contributed by atoms with Crippen molar-refractivity contribution in [3.05, 3.63) is 41.3 Å². The molecular weight excluding hydrogens is 430 g/mol. The molecule has 9 heteroatoms. The summed E-state index contributed by atoms with van der Waals surface area (Å²) in [6.45, 7) is 3.25. The highest BCUT2D eigenvalue weighted by atomic mass is 32.1. The molecule has 2 aliphatic heterocycles. The monoisotopic (exact) mass is 457 g/mol. The molecule has 0 aliphatic carbocycles. The largest absolute Gasteiger partial charge is 0.465 e. The third-order valence-electron chi connectivity index (χ3n) is 5.77. The van der Waals surface area contributed by atoms with Gasteiger partial charge in [-0.15, -0.1) is 11.3 Å². The molecule has 2 aromatic rings. The van der Waals surface area contributed by atoms with Gasteiger partial charge in [-0.2, -0.15) is 0 Å². The molecule has 170 valence electrons. The number of piperazine rings is 1. The quantitative estimate of drug-likeness (QED) is 0.671. The summed E-state index contributed by atoms with van der Waals surface area (Å²) >= 11 is 1.31. The zero-order valence-corrected chi connectivity index (χ0v) is 18.9. The van der Waals surface area contributed by atoms with E-state index in [0.29, 0.717) is 43.4 Å². The van der Waals surface area contributed by atoms with Gasteiger partial charge in [-0.1, -0.05) is 30.3 Å². The molecule has 0 bridgehead atoms. The lowest BCUT2D eigenvalue weighted by molar-refractivity contribution is -0.142. The van der Waals surface area contributed by atoms with Gasteiger partial charge in [0.2, 0.25) is 5.91 Å². The van der Waals surface area contributed by atoms with Crippen molar-refractivity contribution in [2.45, 2.75) is 18.9 Å². The van der Waals surface area contributed by atoms with E-state index in [0.717, 1.165) is 24.0 Å². The molecule has 3 heterocycles. The molecule has 8 nitrogen and oxygen atoms in total. The Kier molecular flexibility index (Phi) is 7.19. The Morgan fingerprint density at radius 1 is 1.16 bits per heavy atom. The predicted octanol–water partition coefficient (Wildman–Crippen LogP) is 2.46. The first-order valence-corrected chi connectivity index (χ1v) is 11.6. The van der Waals surface area contributed by atoms with Gasteiger partial charge in [0.15, 0.2) is 0 Å². The van der Waals surface area contributed by atoms with Crippen LogP contribution in [-0.2, 0) is 19.1 Å². The van der Waals surface area contributed by atoms with E-state index >= 15 is 0 Å². The predicted molar refractivity (Wildman–Crippen MR) is 122 cm³/mol. The summed E-state index contributed by atoms with van der Waals surface area (Å²) in [5, 5.41) is 5.21. The van der Waals surface area contributed by atoms with Crippen molar-refractivity contribution in [3.8, 4) is 11.1 Å². The number of nitrogens with one attached hydrogen (secondary N) is 1. The fourth-order valence-electron chi connectivity index (χ4n) is 4.06. The SMILES string of the molecule is COC(=O)c1c(-c2ccccc2)csc1NC(=O)CN1CCN(C(=O)C2CCCO2)CC1. The lowest BCUT2D eigenvalue weighted by Gasteiger charge is -2.35. The average molecular weight is 458 g/mol. The molecule has 32 heavy (non-hydrogen) atoms. The van der Waals surface area contributed by atoms with Crippen LogP contribution < -0.4 is 5.32 Å². The molecule has 4 rings (SSSR count). The van der Waals surface area contributed by atoms with Gasteiger partial charge in [-0.25, -0.2) is 4.79 Å². The van der Waals surface area contributed by atoms with Crippen LogP contribution >= 0.6 is 11.3 Å². The van der Waals surface area contributed by atoms with Crippen molar-refractivity contribution in [3.63, 3.8) is 0 Å². The van der Waals surface area contributed by atoms with Gasteiger partial charge in [0, 0.05) is 43.7 Å². The van der Waals surface area contributed by atoms with Crippen molar-refractivity contribution in [2.24, 2.45) is 0 Å². The fourth-order valence-corrected chi connectivity index (χ4v) is 5.03. The lowest BCUT2D eigenvalue weighted by Crippen LogP contribution is -2.52. The number of anilines is 1. The summed E-state index contributed by atoms with van der Waals surface area (Å²) in [7, 11) is 1.33. The van der Waals surface area contributed by atoms with Crippen LogP contribution in [0, 0.1) is 0 Å². The van der Waals surface area contributed by atoms with E-state index in [4.69, 9.17) is 9.47 Å². The van der Waals surface area contributed by atoms with Crippen LogP contribution in [0.25, 0.3) is 11.1 Å². The number of carbonyl (C=O) groups excluding carboxylic acids is 3. The van der Waals surface area contributed by atoms with E-state index in [1.54, 1.807) is 0 Å². The number of thiophene rings is 1. The second-order valence-electron chi connectivity index (χ2n) is 7.86. The Morgan fingerprint density at radius 2 is 1.91 bits per heavy atom. The van der Waals surface area contributed by atoms with E-state index in [9.17, 15) is 14.4 Å². The summed E-state index contributed by atoms with van der Waals surface area (Å²) in [5.41, 5.74) is 1.99. The summed E-state index contributed by atoms with van der Waals surface area (Å²) in [5.74, 6) is -0.626. The molecule has 1 unspecified atom stereocenters. The van der Waals surface area contributed by atoms with Crippen LogP contribution in [0.1, 0.15) is 23.2 Å². The number of hydrogen-bond acceptors (Lipinski definition) is 7. The number of carbonyl (C=O) groups is 3. The van der Waals surface area contributed by atoms with Gasteiger partial charge < -0.3 is 19.7 Å². The molecule has 0 radical (unpaired) electrons. The average Bonchev–Trinajstić information content (AvgIpc) is 3.50. The van der Waals surface area contributed by atoms with Crippen LogP contribution in [0.2, 0.25) is 0 Å². The second-order valence-corrected chi connectivity index (χ2v) is 8.74. The number of ether oxygens (including phenoxy) is 2. The number of nitrogens with zero attached hydrogens (tertiary/aromatic N) is 2. The molecule has 2 aliphatic rings. The summed E-state index contributed by atoms with van der Waals surface area (Å²) in [6, 6.07) is 9.53. The third-order valence-corrected chi connectivity index (χ3v) is 6.67. The van der Waals surface area contributed by atoms with E-state index in [-0.39, 0.29) is 24.5 Å². The molecule has 0 spiro atoms. The fraction of sp³-hybridized carbons (Fsp3) is 0.435. The maximum Gasteiger partial charge on any atom is 0.341 e. The van der Waals surface area contributed by atoms with E-state index in [1.165, 1.54) is 18.4 Å². The number of methoxy groups -OCH3 is 1. The van der Waals surface area contributed by atoms with E-state index < -0.39 is 5.97 Å². The smallest absolute Gasteiger partial charge is 0.341 e. The first-order chi connectivity index (χ1) is 15.6. The summed E-state index contributed by atoms with van der Waals surface area (Å²) < 4.78 is 10.5. The minimum atomic E-state index is -0.485. The maximum absolute atomic E-state index is 12.7. The Balaban J connectivity index is 1.36. The molecule has 1 atom stereocenters. The normalized spacial score (nSPS) is 19.0. The van der Waals surface area contributed by atoms with Gasteiger partial charge in [-0.3, -0.25) is 14.5 Å². The maximum atomic E-state index is 12.7. The second kappa shape index (κ2) is 10.2. The van der Waals surface area contributed by atoms with Gasteiger partial charge in [0.1, 0.15) is 16.7 Å². The highest BCUT2D eigenvalue weighted by Crippen LogP contribution is 2.36. The molecule has 1 aromatic carbocycles. The minimum Gasteiger partial charge on any atom is -0.465 e. The zero-order valence-electron chi connectivity index (χ0n) is 18.0. The van der Waals surface area contributed by atoms with Gasteiger partial charge in [0.25, 0.3) is 5.91 Å². The van der Waals surface area contributed by atoms with Crippen LogP contribution in [0.15, 0.2) is 35.7 Å². The van der Waals surface area contributed by atoms with Crippen LogP contribution in [0.5, 0.6) is 0 Å². The topological polar surface area (TPSA) is 88.2 Å². The molecule has 1 N–H and O–H groups in total. The zero-order chi connectivity index (χ0) is 22.5. The van der Waals surface area contributed by atoms with E-state index in [2.05, 4.69) is 5.32 Å². The lowest BCUT2D eigenvalue weighted by atomic mass is 10.0. The molecular formula is C23H27N3O5S. The van der Waals surface area contributed by atoms with Gasteiger partial charge >= 0.3 is 5.97 Å². The molecule has 0 saturated carbocycles. The number of benzene rings is 1. The van der Waals surface area contributed by atoms with Crippen LogP contribution in [-0.4, -0.2) is 80.1 Å². The van der Waals surface area contributed by atoms with Crippen molar-refractivity contribution < 1.29 is 23.9 Å². The number of esters is 1. The first-order valence-electron chi connectivity index (χ1n) is 10.7. The Morgan fingerprint density at radius 3 is 2.56 bits per heavy atom. The Hall–Kier alpha value is -2.75. The molecule has 2 saturated heterocycles. The number of hydrogen-bond donors (Lipinski definition) is 1. The molecule has 1 aromatic heterocycles. The Labute approximate surface area is 191 Å². The minimum absolute atomic E-state index is 0.0568. The highest BCUT2D eigenvalue weighted by molar-refractivity contribution is 7.15. The standard InChI is InChI=1S/C23H27N3O5S/c1-30-23(29)20-17(16-6-3-2-4-7-16)15-32-21(20)24-19(27)14-25-9-11-26(12-10-25)22(28)18-8-5-13-31-18/h2-4,6-7,15,18H,5,8-14H2,1H3,(H,24,27). The molecule has 2 fully saturated rings. The van der Waals surface area contributed by atoms with Crippen molar-refractivity contribution in [1.29, 1.82) is 0 Å². The van der Waals surface area contributed by atoms with Gasteiger partial charge in [0.05, 0.1) is 13.7 Å². The van der Waals surface area contributed by atoms with Crippen molar-refractivity contribution in [2.75, 3.05) is 51.8 Å². The summed E-state index contributed by atoms with van der Waals surface area (Å²) in [4.78, 5) is 41.5.